The lowest BCUT2D eigenvalue weighted by Crippen LogP contribution is -2.58. The monoisotopic (exact) mass is 219 g/mol. The molecule has 0 aromatic rings. The molecule has 16 heavy (non-hydrogen) atoms. The first-order valence-electron chi connectivity index (χ1n) is 6.35. The third-order valence-corrected chi connectivity index (χ3v) is 5.72. The average molecular weight is 219 g/mol. The summed E-state index contributed by atoms with van der Waals surface area (Å²) in [5.41, 5.74) is 7.27. The minimum Gasteiger partial charge on any atom is -0.402 e. The maximum atomic E-state index is 12.2. The lowest BCUT2D eigenvalue weighted by molar-refractivity contribution is -0.124. The molecule has 0 aromatic heterocycles. The summed E-state index contributed by atoms with van der Waals surface area (Å²) in [6.07, 6.45) is 6.61. The Hall–Kier alpha value is -0.790. The van der Waals surface area contributed by atoms with Gasteiger partial charge < -0.3 is 5.73 Å². The Balaban J connectivity index is 2.20. The van der Waals surface area contributed by atoms with Crippen molar-refractivity contribution in [1.82, 2.24) is 0 Å². The highest BCUT2D eigenvalue weighted by molar-refractivity contribution is 5.91. The number of carbonyl (C=O) groups excluding carboxylic acids is 1. The van der Waals surface area contributed by atoms with Gasteiger partial charge in [-0.15, -0.1) is 0 Å². The third kappa shape index (κ3) is 0.813. The molecule has 0 aromatic carbocycles. The zero-order valence-electron chi connectivity index (χ0n) is 10.5. The van der Waals surface area contributed by atoms with Crippen LogP contribution in [0.4, 0.5) is 0 Å². The Morgan fingerprint density at radius 3 is 2.62 bits per heavy atom. The van der Waals surface area contributed by atoms with Gasteiger partial charge in [-0.05, 0) is 23.7 Å². The first-order chi connectivity index (χ1) is 7.34. The van der Waals surface area contributed by atoms with Gasteiger partial charge in [0.1, 0.15) is 5.78 Å². The molecule has 3 atom stereocenters. The van der Waals surface area contributed by atoms with Crippen molar-refractivity contribution in [2.24, 2.45) is 27.9 Å². The van der Waals surface area contributed by atoms with Crippen LogP contribution >= 0.6 is 0 Å². The predicted octanol–water partition coefficient (Wildman–Crippen LogP) is 2.63. The van der Waals surface area contributed by atoms with E-state index in [9.17, 15) is 4.79 Å². The number of hydrogen-bond donors (Lipinski definition) is 1. The molecule has 3 rings (SSSR count). The molecule has 2 nitrogen and oxygen atoms in total. The average Bonchev–Trinajstić information content (AvgIpc) is 2.28. The summed E-state index contributed by atoms with van der Waals surface area (Å²) >= 11 is 0. The van der Waals surface area contributed by atoms with Crippen LogP contribution in [0.1, 0.15) is 46.5 Å². The van der Waals surface area contributed by atoms with Gasteiger partial charge in [0.2, 0.25) is 0 Å². The highest BCUT2D eigenvalue weighted by Crippen LogP contribution is 2.74. The standard InChI is InChI=1S/C14H21NO/c1-12(2)5-4-6-13(3)8-10(16)11-9(15)7-14(11,12)13/h7,11H,4-6,8,15H2,1-3H3/t11-,13-,14-/m1/s1. The fourth-order valence-electron chi connectivity index (χ4n) is 5.02. The topological polar surface area (TPSA) is 43.1 Å². The number of nitrogens with two attached hydrogens (primary N) is 1. The molecular formula is C14H21NO. The van der Waals surface area contributed by atoms with E-state index in [4.69, 9.17) is 5.73 Å². The lowest BCUT2D eigenvalue weighted by atomic mass is 9.41. The van der Waals surface area contributed by atoms with Crippen molar-refractivity contribution >= 4 is 5.78 Å². The predicted molar refractivity (Wildman–Crippen MR) is 63.6 cm³/mol. The Labute approximate surface area is 97.3 Å². The zero-order valence-corrected chi connectivity index (χ0v) is 10.5. The molecule has 2 N–H and O–H groups in total. The summed E-state index contributed by atoms with van der Waals surface area (Å²) in [5, 5.41) is 0. The van der Waals surface area contributed by atoms with E-state index in [1.54, 1.807) is 0 Å². The van der Waals surface area contributed by atoms with Gasteiger partial charge in [-0.25, -0.2) is 0 Å². The second kappa shape index (κ2) is 2.55. The van der Waals surface area contributed by atoms with Crippen molar-refractivity contribution in [1.29, 1.82) is 0 Å². The van der Waals surface area contributed by atoms with Gasteiger partial charge in [-0.1, -0.05) is 33.3 Å². The summed E-state index contributed by atoms with van der Waals surface area (Å²) in [6.45, 7) is 6.94. The number of hydrogen-bond acceptors (Lipinski definition) is 2. The SMILES string of the molecule is CC1(C)CCC[C@]2(C)CC(=O)[C@H]3C(N)=C[C@@]312. The molecule has 1 spiro atoms. The molecule has 0 heterocycles. The van der Waals surface area contributed by atoms with Crippen molar-refractivity contribution in [3.05, 3.63) is 11.8 Å². The second-order valence-electron chi connectivity index (χ2n) is 6.89. The smallest absolute Gasteiger partial charge is 0.143 e. The Morgan fingerprint density at radius 2 is 2.00 bits per heavy atom. The summed E-state index contributed by atoms with van der Waals surface area (Å²) in [7, 11) is 0. The van der Waals surface area contributed by atoms with E-state index in [0.717, 1.165) is 12.1 Å². The fraction of sp³-hybridized carbons (Fsp3) is 0.786. The number of allylic oxidation sites excluding steroid dienone is 2. The number of ketones is 1. The molecule has 2 fully saturated rings. The maximum absolute atomic E-state index is 12.2. The first-order valence-corrected chi connectivity index (χ1v) is 6.35. The van der Waals surface area contributed by atoms with Gasteiger partial charge in [-0.2, -0.15) is 0 Å². The van der Waals surface area contributed by atoms with Crippen LogP contribution in [-0.2, 0) is 4.79 Å². The highest BCUT2D eigenvalue weighted by Gasteiger charge is 2.71. The third-order valence-electron chi connectivity index (χ3n) is 5.72. The normalized spacial score (nSPS) is 49.1. The number of rotatable bonds is 0. The van der Waals surface area contributed by atoms with E-state index in [0.29, 0.717) is 5.78 Å². The van der Waals surface area contributed by atoms with Gasteiger partial charge in [-0.3, -0.25) is 4.79 Å². The molecule has 3 aliphatic carbocycles. The van der Waals surface area contributed by atoms with Crippen LogP contribution in [0, 0.1) is 22.2 Å². The summed E-state index contributed by atoms with van der Waals surface area (Å²) in [6, 6.07) is 0. The van der Waals surface area contributed by atoms with Crippen LogP contribution in [0.2, 0.25) is 0 Å². The van der Waals surface area contributed by atoms with Crippen molar-refractivity contribution < 1.29 is 4.79 Å². The molecule has 0 unspecified atom stereocenters. The van der Waals surface area contributed by atoms with Gasteiger partial charge >= 0.3 is 0 Å². The van der Waals surface area contributed by atoms with E-state index in [1.165, 1.54) is 19.3 Å². The van der Waals surface area contributed by atoms with Gasteiger partial charge in [0.25, 0.3) is 0 Å². The maximum Gasteiger partial charge on any atom is 0.143 e. The number of carbonyl (C=O) groups is 1. The van der Waals surface area contributed by atoms with Crippen LogP contribution < -0.4 is 5.73 Å². The molecular weight excluding hydrogens is 198 g/mol. The molecule has 88 valence electrons. The van der Waals surface area contributed by atoms with Crippen LogP contribution in [0.25, 0.3) is 0 Å². The van der Waals surface area contributed by atoms with Crippen molar-refractivity contribution in [3.8, 4) is 0 Å². The zero-order chi connectivity index (χ0) is 11.8. The minimum atomic E-state index is 0.0350. The summed E-state index contributed by atoms with van der Waals surface area (Å²) in [4.78, 5) is 12.2. The molecule has 3 aliphatic rings. The van der Waals surface area contributed by atoms with Gasteiger partial charge in [0.15, 0.2) is 0 Å². The highest BCUT2D eigenvalue weighted by atomic mass is 16.1. The largest absolute Gasteiger partial charge is 0.402 e. The van der Waals surface area contributed by atoms with E-state index < -0.39 is 0 Å². The Bertz CT molecular complexity index is 409. The van der Waals surface area contributed by atoms with E-state index in [2.05, 4.69) is 26.8 Å². The second-order valence-corrected chi connectivity index (χ2v) is 6.89. The fourth-order valence-corrected chi connectivity index (χ4v) is 5.02. The van der Waals surface area contributed by atoms with Crippen LogP contribution in [-0.4, -0.2) is 5.78 Å². The summed E-state index contributed by atoms with van der Waals surface area (Å²) in [5.74, 6) is 0.422. The first kappa shape index (κ1) is 10.4. The van der Waals surface area contributed by atoms with Crippen molar-refractivity contribution in [3.63, 3.8) is 0 Å². The molecule has 0 bridgehead atoms. The Morgan fingerprint density at radius 1 is 1.31 bits per heavy atom. The molecule has 0 aliphatic heterocycles. The summed E-state index contributed by atoms with van der Waals surface area (Å²) < 4.78 is 0. The van der Waals surface area contributed by atoms with Crippen molar-refractivity contribution in [2.75, 3.05) is 0 Å². The Kier molecular flexibility index (Phi) is 1.65. The van der Waals surface area contributed by atoms with Gasteiger partial charge in [0, 0.05) is 17.5 Å². The van der Waals surface area contributed by atoms with E-state index in [1.807, 2.05) is 0 Å². The van der Waals surface area contributed by atoms with Crippen molar-refractivity contribution in [2.45, 2.75) is 46.5 Å². The van der Waals surface area contributed by atoms with Crippen LogP contribution in [0.15, 0.2) is 11.8 Å². The molecule has 0 saturated heterocycles. The van der Waals surface area contributed by atoms with Gasteiger partial charge in [0.05, 0.1) is 5.92 Å². The van der Waals surface area contributed by atoms with Crippen LogP contribution in [0.3, 0.4) is 0 Å². The molecule has 2 heteroatoms. The van der Waals surface area contributed by atoms with E-state index >= 15 is 0 Å². The molecule has 2 saturated carbocycles. The lowest BCUT2D eigenvalue weighted by Gasteiger charge is -2.62. The number of Topliss-reactive ketones (excluding diaryl/α,β-unsaturated/α-hetero) is 1. The molecule has 0 amide bonds. The minimum absolute atomic E-state index is 0.0350. The van der Waals surface area contributed by atoms with E-state index in [-0.39, 0.29) is 22.2 Å². The quantitative estimate of drug-likeness (QED) is 0.680. The molecule has 0 radical (unpaired) electrons. The van der Waals surface area contributed by atoms with Crippen LogP contribution in [0.5, 0.6) is 0 Å².